The molecule has 11 heteroatoms. The van der Waals surface area contributed by atoms with Crippen LogP contribution in [0.25, 0.3) is 16.9 Å². The van der Waals surface area contributed by atoms with Crippen LogP contribution in [0.3, 0.4) is 0 Å². The lowest BCUT2D eigenvalue weighted by molar-refractivity contribution is 0.0724. The van der Waals surface area contributed by atoms with E-state index in [1.165, 1.54) is 4.57 Å². The summed E-state index contributed by atoms with van der Waals surface area (Å²) in [5.41, 5.74) is 0.303. The predicted molar refractivity (Wildman–Crippen MR) is 140 cm³/mol. The van der Waals surface area contributed by atoms with Crippen LogP contribution < -0.4 is 15.0 Å². The molecule has 0 spiro atoms. The Balaban J connectivity index is 1.36. The van der Waals surface area contributed by atoms with Crippen molar-refractivity contribution in [2.75, 3.05) is 44.4 Å². The molecule has 3 heterocycles. The molecule has 2 aliphatic rings. The third kappa shape index (κ3) is 6.39. The summed E-state index contributed by atoms with van der Waals surface area (Å²) in [7, 11) is 0. The molecule has 2 fully saturated rings. The summed E-state index contributed by atoms with van der Waals surface area (Å²) in [6.45, 7) is 6.97. The number of nitrogens with zero attached hydrogens (tertiary/aromatic N) is 5. The third-order valence-electron chi connectivity index (χ3n) is 7.12. The monoisotopic (exact) mass is 530 g/mol. The van der Waals surface area contributed by atoms with Crippen LogP contribution in [0.2, 0.25) is 0 Å². The number of nitrogens with one attached hydrogen (secondary N) is 1. The number of hydrogen-bond donors (Lipinski definition) is 2. The Morgan fingerprint density at radius 1 is 1.11 bits per heavy atom. The first-order chi connectivity index (χ1) is 18.3. The number of halogens is 2. The molecular weight excluding hydrogens is 494 g/mol. The normalized spacial score (nSPS) is 20.8. The molecule has 0 atom stereocenters. The van der Waals surface area contributed by atoms with Crippen molar-refractivity contribution in [2.45, 2.75) is 57.6 Å². The lowest BCUT2D eigenvalue weighted by Gasteiger charge is -2.31. The minimum Gasteiger partial charge on any atom is -0.477 e. The van der Waals surface area contributed by atoms with E-state index in [1.807, 2.05) is 4.90 Å². The Kier molecular flexibility index (Phi) is 8.06. The average molecular weight is 531 g/mol. The zero-order chi connectivity index (χ0) is 26.7. The van der Waals surface area contributed by atoms with E-state index in [1.54, 1.807) is 44.2 Å². The molecule has 1 saturated heterocycles. The summed E-state index contributed by atoms with van der Waals surface area (Å²) in [5.74, 6) is 1.10. The van der Waals surface area contributed by atoms with E-state index in [2.05, 4.69) is 20.3 Å². The molecular formula is C27H36F2N6O3. The Hall–Kier alpha value is -2.89. The first-order valence-electron chi connectivity index (χ1n) is 13.3. The quantitative estimate of drug-likeness (QED) is 0.430. The van der Waals surface area contributed by atoms with Gasteiger partial charge >= 0.3 is 0 Å². The molecule has 0 bridgehead atoms. The maximum atomic E-state index is 14.0. The number of morpholine rings is 1. The van der Waals surface area contributed by atoms with Crippen molar-refractivity contribution in [1.29, 1.82) is 0 Å². The minimum absolute atomic E-state index is 0.306. The molecule has 3 aromatic rings. The van der Waals surface area contributed by atoms with Gasteiger partial charge in [0.1, 0.15) is 5.82 Å². The van der Waals surface area contributed by atoms with Crippen molar-refractivity contribution in [2.24, 2.45) is 5.92 Å². The molecule has 5 rings (SSSR count). The Morgan fingerprint density at radius 3 is 2.55 bits per heavy atom. The average Bonchev–Trinajstić information content (AvgIpc) is 3.31. The first-order valence-corrected chi connectivity index (χ1v) is 13.3. The number of fused-ring (bicyclic) bond motifs is 1. The highest BCUT2D eigenvalue weighted by Gasteiger charge is 2.26. The number of aromatic nitrogens is 4. The van der Waals surface area contributed by atoms with E-state index in [-0.39, 0.29) is 5.82 Å². The highest BCUT2D eigenvalue weighted by molar-refractivity contribution is 5.78. The van der Waals surface area contributed by atoms with Gasteiger partial charge in [-0.1, -0.05) is 12.1 Å². The number of rotatable bonds is 9. The van der Waals surface area contributed by atoms with Crippen molar-refractivity contribution in [3.05, 3.63) is 36.2 Å². The molecule has 2 N–H and O–H groups in total. The van der Waals surface area contributed by atoms with Crippen LogP contribution in [0.5, 0.6) is 5.88 Å². The number of imidazole rings is 1. The second kappa shape index (κ2) is 11.5. The van der Waals surface area contributed by atoms with Crippen LogP contribution in [0.1, 0.15) is 51.8 Å². The molecule has 2 aromatic heterocycles. The second-order valence-corrected chi connectivity index (χ2v) is 10.8. The number of benzene rings is 1. The molecule has 1 aliphatic carbocycles. The van der Waals surface area contributed by atoms with Gasteiger partial charge < -0.3 is 24.8 Å². The summed E-state index contributed by atoms with van der Waals surface area (Å²) in [6.07, 6.45) is 1.25. The highest BCUT2D eigenvalue weighted by atomic mass is 19.3. The number of hydrogen-bond acceptors (Lipinski definition) is 8. The molecule has 206 valence electrons. The van der Waals surface area contributed by atoms with Crippen molar-refractivity contribution < 1.29 is 23.4 Å². The van der Waals surface area contributed by atoms with Crippen molar-refractivity contribution >= 4 is 17.0 Å². The van der Waals surface area contributed by atoms with E-state index in [4.69, 9.17) is 9.47 Å². The van der Waals surface area contributed by atoms with E-state index >= 15 is 0 Å². The molecule has 9 nitrogen and oxygen atoms in total. The summed E-state index contributed by atoms with van der Waals surface area (Å²) < 4.78 is 41.2. The Bertz CT molecular complexity index is 1220. The lowest BCUT2D eigenvalue weighted by Crippen LogP contribution is -2.42. The number of anilines is 1. The topological polar surface area (TPSA) is 97.6 Å². The van der Waals surface area contributed by atoms with E-state index in [0.29, 0.717) is 80.1 Å². The van der Waals surface area contributed by atoms with Gasteiger partial charge in [0.05, 0.1) is 36.5 Å². The van der Waals surface area contributed by atoms with Crippen molar-refractivity contribution in [3.8, 4) is 11.7 Å². The van der Waals surface area contributed by atoms with Gasteiger partial charge in [-0.2, -0.15) is 9.97 Å². The van der Waals surface area contributed by atoms with Gasteiger partial charge in [0.25, 0.3) is 6.43 Å². The SMILES string of the molecule is CC(C)(O)CNC1CCC(COc2cc(-n3c(C(F)F)nc4ccccc43)nc(N3CCOCC3)n2)CC1. The number of aliphatic hydroxyl groups is 1. The van der Waals surface area contributed by atoms with Gasteiger partial charge in [-0.3, -0.25) is 4.57 Å². The Morgan fingerprint density at radius 2 is 1.84 bits per heavy atom. The predicted octanol–water partition coefficient (Wildman–Crippen LogP) is 3.89. The van der Waals surface area contributed by atoms with Gasteiger partial charge in [0, 0.05) is 31.7 Å². The fourth-order valence-electron chi connectivity index (χ4n) is 5.06. The molecule has 1 aliphatic heterocycles. The summed E-state index contributed by atoms with van der Waals surface area (Å²) in [6, 6.07) is 9.06. The van der Waals surface area contributed by atoms with Crippen LogP contribution in [-0.2, 0) is 4.74 Å². The van der Waals surface area contributed by atoms with Crippen LogP contribution >= 0.6 is 0 Å². The largest absolute Gasteiger partial charge is 0.477 e. The molecule has 38 heavy (non-hydrogen) atoms. The minimum atomic E-state index is -2.77. The van der Waals surface area contributed by atoms with Gasteiger partial charge in [-0.15, -0.1) is 0 Å². The molecule has 1 aromatic carbocycles. The van der Waals surface area contributed by atoms with Crippen LogP contribution in [0.15, 0.2) is 30.3 Å². The maximum Gasteiger partial charge on any atom is 0.296 e. The van der Waals surface area contributed by atoms with Gasteiger partial charge in [-0.25, -0.2) is 13.8 Å². The smallest absolute Gasteiger partial charge is 0.296 e. The standard InChI is InChI=1S/C27H36F2N6O3/c1-27(2,36)17-30-19-9-7-18(8-10-19)16-38-23-15-22(32-26(33-23)34-11-13-37-14-12-34)35-21-6-4-3-5-20(21)31-25(35)24(28)29/h3-6,15,18-19,24,30,36H,7-14,16-17H2,1-2H3. The van der Waals surface area contributed by atoms with E-state index in [0.717, 1.165) is 25.7 Å². The highest BCUT2D eigenvalue weighted by Crippen LogP contribution is 2.30. The van der Waals surface area contributed by atoms with Crippen LogP contribution in [0.4, 0.5) is 14.7 Å². The number of ether oxygens (including phenoxy) is 2. The number of para-hydroxylation sites is 2. The fourth-order valence-corrected chi connectivity index (χ4v) is 5.06. The van der Waals surface area contributed by atoms with Crippen LogP contribution in [0, 0.1) is 5.92 Å². The molecule has 0 radical (unpaired) electrons. The van der Waals surface area contributed by atoms with Gasteiger partial charge in [0.2, 0.25) is 11.8 Å². The van der Waals surface area contributed by atoms with Gasteiger partial charge in [0.15, 0.2) is 5.82 Å². The summed E-state index contributed by atoms with van der Waals surface area (Å²) >= 11 is 0. The zero-order valence-corrected chi connectivity index (χ0v) is 21.9. The van der Waals surface area contributed by atoms with Crippen molar-refractivity contribution in [1.82, 2.24) is 24.8 Å². The van der Waals surface area contributed by atoms with Crippen molar-refractivity contribution in [3.63, 3.8) is 0 Å². The van der Waals surface area contributed by atoms with Gasteiger partial charge in [-0.05, 0) is 57.6 Å². The molecule has 0 amide bonds. The summed E-state index contributed by atoms with van der Waals surface area (Å²) in [5, 5.41) is 13.4. The van der Waals surface area contributed by atoms with Crippen LogP contribution in [-0.4, -0.2) is 75.7 Å². The fraction of sp³-hybridized carbons (Fsp3) is 0.593. The summed E-state index contributed by atoms with van der Waals surface area (Å²) in [4.78, 5) is 15.5. The first kappa shape index (κ1) is 26.7. The third-order valence-corrected chi connectivity index (χ3v) is 7.12. The van der Waals surface area contributed by atoms with E-state index in [9.17, 15) is 13.9 Å². The lowest BCUT2D eigenvalue weighted by atomic mass is 9.86. The maximum absolute atomic E-state index is 14.0. The second-order valence-electron chi connectivity index (χ2n) is 10.8. The van der Waals surface area contributed by atoms with E-state index < -0.39 is 12.0 Å². The number of alkyl halides is 2. The Labute approximate surface area is 221 Å². The molecule has 0 unspecified atom stereocenters. The molecule has 1 saturated carbocycles. The zero-order valence-electron chi connectivity index (χ0n) is 21.9.